The number of hydrogen-bond donors (Lipinski definition) is 1. The Hall–Kier alpha value is -1.95. The van der Waals surface area contributed by atoms with Gasteiger partial charge in [0.2, 0.25) is 5.91 Å². The molecule has 0 spiro atoms. The van der Waals surface area contributed by atoms with E-state index in [1.165, 1.54) is 7.11 Å². The van der Waals surface area contributed by atoms with Gasteiger partial charge in [-0.15, -0.1) is 0 Å². The molecule has 21 heavy (non-hydrogen) atoms. The molecule has 1 amide bonds. The number of para-hydroxylation sites is 1. The van der Waals surface area contributed by atoms with Crippen molar-refractivity contribution < 1.29 is 18.3 Å². The second-order valence-electron chi connectivity index (χ2n) is 4.28. The van der Waals surface area contributed by atoms with Crippen molar-refractivity contribution in [2.75, 3.05) is 12.4 Å². The number of hydrogen-bond acceptors (Lipinski definition) is 2. The molecule has 0 aliphatic rings. The first-order valence-electron chi connectivity index (χ1n) is 6.07. The lowest BCUT2D eigenvalue weighted by molar-refractivity contribution is -0.115. The summed E-state index contributed by atoms with van der Waals surface area (Å²) in [7, 11) is 1.49. The molecular formula is C15H12BrF2NO2. The van der Waals surface area contributed by atoms with Gasteiger partial charge in [0.15, 0.2) is 11.6 Å². The van der Waals surface area contributed by atoms with Crippen LogP contribution in [-0.4, -0.2) is 13.0 Å². The highest BCUT2D eigenvalue weighted by molar-refractivity contribution is 9.10. The van der Waals surface area contributed by atoms with E-state index in [1.54, 1.807) is 24.3 Å². The second kappa shape index (κ2) is 6.67. The molecule has 0 aromatic heterocycles. The highest BCUT2D eigenvalue weighted by Gasteiger charge is 2.15. The highest BCUT2D eigenvalue weighted by Crippen LogP contribution is 2.24. The van der Waals surface area contributed by atoms with Crippen LogP contribution in [0.5, 0.6) is 5.75 Å². The Labute approximate surface area is 129 Å². The molecule has 0 heterocycles. The van der Waals surface area contributed by atoms with Crippen molar-refractivity contribution in [3.63, 3.8) is 0 Å². The van der Waals surface area contributed by atoms with E-state index >= 15 is 0 Å². The summed E-state index contributed by atoms with van der Waals surface area (Å²) in [4.78, 5) is 11.9. The summed E-state index contributed by atoms with van der Waals surface area (Å²) < 4.78 is 32.7. The van der Waals surface area contributed by atoms with Crippen LogP contribution in [-0.2, 0) is 11.2 Å². The first-order valence-corrected chi connectivity index (χ1v) is 6.87. The van der Waals surface area contributed by atoms with E-state index in [-0.39, 0.29) is 10.9 Å². The zero-order chi connectivity index (χ0) is 15.4. The lowest BCUT2D eigenvalue weighted by atomic mass is 10.1. The average Bonchev–Trinajstić information content (AvgIpc) is 2.43. The molecule has 1 N–H and O–H groups in total. The summed E-state index contributed by atoms with van der Waals surface area (Å²) in [6.45, 7) is 0. The molecule has 0 aliphatic carbocycles. The fourth-order valence-corrected chi connectivity index (χ4v) is 2.27. The number of carbonyl (C=O) groups is 1. The van der Waals surface area contributed by atoms with Crippen LogP contribution < -0.4 is 10.1 Å². The third kappa shape index (κ3) is 3.78. The minimum atomic E-state index is -0.838. The number of methoxy groups -OCH3 is 1. The van der Waals surface area contributed by atoms with Gasteiger partial charge >= 0.3 is 0 Å². The molecule has 0 atom stereocenters. The fourth-order valence-electron chi connectivity index (χ4n) is 1.87. The first kappa shape index (κ1) is 15.4. The third-order valence-corrected chi connectivity index (χ3v) is 3.27. The van der Waals surface area contributed by atoms with Crippen molar-refractivity contribution in [2.24, 2.45) is 0 Å². The molecule has 110 valence electrons. The molecule has 3 nitrogen and oxygen atoms in total. The number of carbonyl (C=O) groups excluding carboxylic acids is 1. The highest BCUT2D eigenvalue weighted by atomic mass is 79.9. The van der Waals surface area contributed by atoms with Gasteiger partial charge in [-0.1, -0.05) is 34.1 Å². The Morgan fingerprint density at radius 3 is 2.48 bits per heavy atom. The van der Waals surface area contributed by atoms with Crippen LogP contribution >= 0.6 is 15.9 Å². The Balaban J connectivity index is 2.16. The fraction of sp³-hybridized carbons (Fsp3) is 0.133. The standard InChI is InChI=1S/C15H12BrF2NO2/c1-21-13-5-3-2-4-9(13)6-14(20)19-15-11(17)7-10(16)8-12(15)18/h2-5,7-8H,6H2,1H3,(H,19,20). The van der Waals surface area contributed by atoms with Gasteiger partial charge in [-0.2, -0.15) is 0 Å². The molecule has 0 saturated heterocycles. The van der Waals surface area contributed by atoms with Gasteiger partial charge in [0.05, 0.1) is 13.5 Å². The monoisotopic (exact) mass is 355 g/mol. The molecule has 2 aromatic carbocycles. The van der Waals surface area contributed by atoms with Gasteiger partial charge in [-0.3, -0.25) is 4.79 Å². The Morgan fingerprint density at radius 1 is 1.24 bits per heavy atom. The molecule has 0 aliphatic heterocycles. The van der Waals surface area contributed by atoms with E-state index < -0.39 is 23.2 Å². The lowest BCUT2D eigenvalue weighted by Gasteiger charge is -2.10. The van der Waals surface area contributed by atoms with Crippen molar-refractivity contribution in [2.45, 2.75) is 6.42 Å². The molecule has 2 aromatic rings. The minimum absolute atomic E-state index is 0.0427. The summed E-state index contributed by atoms with van der Waals surface area (Å²) in [6.07, 6.45) is -0.0427. The number of halogens is 3. The van der Waals surface area contributed by atoms with Crippen molar-refractivity contribution in [1.29, 1.82) is 0 Å². The minimum Gasteiger partial charge on any atom is -0.496 e. The number of nitrogens with one attached hydrogen (secondary N) is 1. The number of benzene rings is 2. The van der Waals surface area contributed by atoms with Crippen molar-refractivity contribution in [3.8, 4) is 5.75 Å². The number of amides is 1. The third-order valence-electron chi connectivity index (χ3n) is 2.81. The van der Waals surface area contributed by atoms with Gasteiger partial charge in [0.1, 0.15) is 11.4 Å². The summed E-state index contributed by atoms with van der Waals surface area (Å²) in [5.74, 6) is -1.66. The zero-order valence-corrected chi connectivity index (χ0v) is 12.7. The average molecular weight is 356 g/mol. The van der Waals surface area contributed by atoms with Crippen LogP contribution in [0.3, 0.4) is 0 Å². The molecule has 0 unspecified atom stereocenters. The number of anilines is 1. The van der Waals surface area contributed by atoms with Gasteiger partial charge in [0.25, 0.3) is 0 Å². The number of rotatable bonds is 4. The van der Waals surface area contributed by atoms with Crippen molar-refractivity contribution in [3.05, 3.63) is 58.1 Å². The van der Waals surface area contributed by atoms with Gasteiger partial charge in [0, 0.05) is 10.0 Å². The van der Waals surface area contributed by atoms with E-state index in [1.807, 2.05) is 0 Å². The van der Waals surface area contributed by atoms with Gasteiger partial charge < -0.3 is 10.1 Å². The topological polar surface area (TPSA) is 38.3 Å². The van der Waals surface area contributed by atoms with E-state index in [2.05, 4.69) is 21.2 Å². The molecular weight excluding hydrogens is 344 g/mol. The first-order chi connectivity index (χ1) is 10.0. The largest absolute Gasteiger partial charge is 0.496 e. The lowest BCUT2D eigenvalue weighted by Crippen LogP contribution is -2.17. The molecule has 6 heteroatoms. The van der Waals surface area contributed by atoms with Crippen LogP contribution in [0.1, 0.15) is 5.56 Å². The summed E-state index contributed by atoms with van der Waals surface area (Å²) >= 11 is 2.98. The molecule has 0 radical (unpaired) electrons. The maximum Gasteiger partial charge on any atom is 0.229 e. The van der Waals surface area contributed by atoms with E-state index in [4.69, 9.17) is 4.74 Å². The Kier molecular flexibility index (Phi) is 4.90. The normalized spacial score (nSPS) is 10.3. The smallest absolute Gasteiger partial charge is 0.229 e. The van der Waals surface area contributed by atoms with E-state index in [0.29, 0.717) is 11.3 Å². The summed E-state index contributed by atoms with van der Waals surface area (Å²) in [6, 6.07) is 9.12. The molecule has 0 bridgehead atoms. The Morgan fingerprint density at radius 2 is 1.86 bits per heavy atom. The van der Waals surface area contributed by atoms with Crippen LogP contribution in [0, 0.1) is 11.6 Å². The SMILES string of the molecule is COc1ccccc1CC(=O)Nc1c(F)cc(Br)cc1F. The van der Waals surface area contributed by atoms with Crippen LogP contribution in [0.15, 0.2) is 40.9 Å². The molecule has 0 saturated carbocycles. The van der Waals surface area contributed by atoms with Gasteiger partial charge in [-0.05, 0) is 18.2 Å². The van der Waals surface area contributed by atoms with Crippen LogP contribution in [0.2, 0.25) is 0 Å². The van der Waals surface area contributed by atoms with Crippen LogP contribution in [0.4, 0.5) is 14.5 Å². The van der Waals surface area contributed by atoms with Crippen molar-refractivity contribution >= 4 is 27.5 Å². The molecule has 0 fully saturated rings. The maximum absolute atomic E-state index is 13.6. The predicted molar refractivity (Wildman–Crippen MR) is 79.4 cm³/mol. The molecule has 2 rings (SSSR count). The predicted octanol–water partition coefficient (Wildman–Crippen LogP) is 3.92. The second-order valence-corrected chi connectivity index (χ2v) is 5.20. The Bertz CT molecular complexity index is 653. The number of ether oxygens (including phenoxy) is 1. The zero-order valence-electron chi connectivity index (χ0n) is 11.1. The summed E-state index contributed by atoms with van der Waals surface area (Å²) in [5, 5.41) is 2.24. The van der Waals surface area contributed by atoms with Crippen molar-refractivity contribution in [1.82, 2.24) is 0 Å². The maximum atomic E-state index is 13.6. The van der Waals surface area contributed by atoms with Gasteiger partial charge in [-0.25, -0.2) is 8.78 Å². The van der Waals surface area contributed by atoms with Crippen LogP contribution in [0.25, 0.3) is 0 Å². The van der Waals surface area contributed by atoms with E-state index in [0.717, 1.165) is 12.1 Å². The quantitative estimate of drug-likeness (QED) is 0.902. The summed E-state index contributed by atoms with van der Waals surface area (Å²) in [5.41, 5.74) is 0.175. The van der Waals surface area contributed by atoms with E-state index in [9.17, 15) is 13.6 Å².